The van der Waals surface area contributed by atoms with Crippen molar-refractivity contribution in [3.8, 4) is 28.3 Å². The number of hydrogen-bond donors (Lipinski definition) is 1. The predicted molar refractivity (Wildman–Crippen MR) is 148 cm³/mol. The van der Waals surface area contributed by atoms with Crippen molar-refractivity contribution in [2.45, 2.75) is 0 Å². The second kappa shape index (κ2) is 11.4. The molecule has 4 heteroatoms. The number of aromatic nitrogens is 4. The third-order valence-corrected chi connectivity index (χ3v) is 5.59. The van der Waals surface area contributed by atoms with Crippen molar-refractivity contribution in [1.29, 1.82) is 0 Å². The Morgan fingerprint density at radius 1 is 0.611 bits per heavy atom. The first-order chi connectivity index (χ1) is 17.9. The first kappa shape index (κ1) is 22.8. The second-order valence-corrected chi connectivity index (χ2v) is 8.11. The smallest absolute Gasteiger partial charge is 0.145 e. The van der Waals surface area contributed by atoms with Crippen LogP contribution in [0.5, 0.6) is 0 Å². The Kier molecular flexibility index (Phi) is 7.26. The first-order valence-electron chi connectivity index (χ1n) is 11.8. The molecule has 2 aromatic heterocycles. The Labute approximate surface area is 211 Å². The van der Waals surface area contributed by atoms with Crippen LogP contribution in [-0.4, -0.2) is 19.5 Å². The fraction of sp³-hybridized carbons (Fsp3) is 0. The van der Waals surface area contributed by atoms with Gasteiger partial charge in [-0.1, -0.05) is 115 Å². The zero-order chi connectivity index (χ0) is 24.4. The van der Waals surface area contributed by atoms with Gasteiger partial charge in [0.2, 0.25) is 0 Å². The highest BCUT2D eigenvalue weighted by Crippen LogP contribution is 2.27. The van der Waals surface area contributed by atoms with Gasteiger partial charge in [0, 0.05) is 35.4 Å². The van der Waals surface area contributed by atoms with E-state index in [-0.39, 0.29) is 0 Å². The summed E-state index contributed by atoms with van der Waals surface area (Å²) in [6, 6.07) is 41.1. The topological polar surface area (TPSA) is 46.5 Å². The minimum atomic E-state index is 0.879. The molecule has 6 aromatic rings. The number of nitrogens with one attached hydrogen (secondary N) is 1. The summed E-state index contributed by atoms with van der Waals surface area (Å²) >= 11 is 0. The van der Waals surface area contributed by atoms with E-state index in [0.29, 0.717) is 0 Å². The quantitative estimate of drug-likeness (QED) is 0.282. The maximum absolute atomic E-state index is 4.89. The largest absolute Gasteiger partial charge is 0.345 e. The molecule has 0 radical (unpaired) electrons. The minimum Gasteiger partial charge on any atom is -0.345 e. The van der Waals surface area contributed by atoms with E-state index < -0.39 is 0 Å². The lowest BCUT2D eigenvalue weighted by molar-refractivity contribution is 1.07. The summed E-state index contributed by atoms with van der Waals surface area (Å²) in [5.74, 6) is 1.83. The molecule has 6 rings (SSSR count). The molecular formula is C32H26N4. The highest BCUT2D eigenvalue weighted by atomic mass is 15.1. The van der Waals surface area contributed by atoms with Gasteiger partial charge >= 0.3 is 0 Å². The molecule has 1 N–H and O–H groups in total. The van der Waals surface area contributed by atoms with Crippen molar-refractivity contribution in [1.82, 2.24) is 19.5 Å². The van der Waals surface area contributed by atoms with Crippen molar-refractivity contribution < 1.29 is 0 Å². The molecule has 0 aliphatic rings. The average molecular weight is 467 g/mol. The fourth-order valence-electron chi connectivity index (χ4n) is 3.81. The maximum Gasteiger partial charge on any atom is 0.145 e. The summed E-state index contributed by atoms with van der Waals surface area (Å²) in [6.45, 7) is 0. The number of benzene rings is 4. The summed E-state index contributed by atoms with van der Waals surface area (Å²) in [6.07, 6.45) is 9.64. The van der Waals surface area contributed by atoms with E-state index in [1.165, 1.54) is 5.56 Å². The van der Waals surface area contributed by atoms with Crippen molar-refractivity contribution in [2.75, 3.05) is 0 Å². The molecule has 0 aliphatic heterocycles. The van der Waals surface area contributed by atoms with Gasteiger partial charge < -0.3 is 4.98 Å². The monoisotopic (exact) mass is 466 g/mol. The zero-order valence-electron chi connectivity index (χ0n) is 19.8. The molecule has 0 aliphatic carbocycles. The number of para-hydroxylation sites is 1. The van der Waals surface area contributed by atoms with Crippen molar-refractivity contribution in [3.63, 3.8) is 0 Å². The van der Waals surface area contributed by atoms with Gasteiger partial charge in [0.25, 0.3) is 0 Å². The molecule has 4 aromatic carbocycles. The number of nitrogens with zero attached hydrogens (tertiary/aromatic N) is 3. The Morgan fingerprint density at radius 2 is 1.19 bits per heavy atom. The summed E-state index contributed by atoms with van der Waals surface area (Å²) in [5.41, 5.74) is 5.51. The SMILES string of the molecule is C(=C\c1ncc[nH]1)/c1ccccc1.c1ccc(-c2cn(-c3ccccc3)c(-c3ccccc3)n2)cc1. The number of imidazole rings is 2. The van der Waals surface area contributed by atoms with Gasteiger partial charge in [0.05, 0.1) is 5.69 Å². The van der Waals surface area contributed by atoms with Gasteiger partial charge in [0.15, 0.2) is 0 Å². The van der Waals surface area contributed by atoms with E-state index in [0.717, 1.165) is 34.2 Å². The van der Waals surface area contributed by atoms with E-state index in [4.69, 9.17) is 4.98 Å². The maximum atomic E-state index is 4.89. The normalized spacial score (nSPS) is 10.7. The summed E-state index contributed by atoms with van der Waals surface area (Å²) in [7, 11) is 0. The summed E-state index contributed by atoms with van der Waals surface area (Å²) in [5, 5.41) is 0. The highest BCUT2D eigenvalue weighted by Gasteiger charge is 2.12. The van der Waals surface area contributed by atoms with Gasteiger partial charge in [-0.05, 0) is 23.8 Å². The zero-order valence-corrected chi connectivity index (χ0v) is 19.8. The molecule has 174 valence electrons. The highest BCUT2D eigenvalue weighted by molar-refractivity contribution is 5.67. The van der Waals surface area contributed by atoms with Crippen LogP contribution >= 0.6 is 0 Å². The van der Waals surface area contributed by atoms with Crippen molar-refractivity contribution in [3.05, 3.63) is 151 Å². The molecule has 0 saturated carbocycles. The fourth-order valence-corrected chi connectivity index (χ4v) is 3.81. The van der Waals surface area contributed by atoms with Crippen LogP contribution in [0.15, 0.2) is 140 Å². The third-order valence-electron chi connectivity index (χ3n) is 5.59. The molecule has 0 unspecified atom stereocenters. The van der Waals surface area contributed by atoms with E-state index in [9.17, 15) is 0 Å². The average Bonchev–Trinajstić information content (AvgIpc) is 3.65. The molecule has 0 bridgehead atoms. The molecule has 2 heterocycles. The van der Waals surface area contributed by atoms with Crippen molar-refractivity contribution >= 4 is 12.2 Å². The lowest BCUT2D eigenvalue weighted by Crippen LogP contribution is -1.95. The summed E-state index contributed by atoms with van der Waals surface area (Å²) in [4.78, 5) is 12.0. The van der Waals surface area contributed by atoms with E-state index in [1.54, 1.807) is 6.20 Å². The van der Waals surface area contributed by atoms with Gasteiger partial charge in [-0.15, -0.1) is 0 Å². The van der Waals surface area contributed by atoms with Gasteiger partial charge in [0.1, 0.15) is 11.6 Å². The van der Waals surface area contributed by atoms with Crippen LogP contribution in [0.4, 0.5) is 0 Å². The van der Waals surface area contributed by atoms with Crippen LogP contribution in [0.2, 0.25) is 0 Å². The first-order valence-corrected chi connectivity index (χ1v) is 11.8. The molecule has 0 spiro atoms. The molecule has 0 saturated heterocycles. The van der Waals surface area contributed by atoms with E-state index in [2.05, 4.69) is 69.3 Å². The number of hydrogen-bond acceptors (Lipinski definition) is 2. The number of H-pyrrole nitrogens is 1. The molecule has 0 amide bonds. The number of rotatable bonds is 5. The Bertz CT molecular complexity index is 1430. The molecule has 36 heavy (non-hydrogen) atoms. The lowest BCUT2D eigenvalue weighted by Gasteiger charge is -2.07. The lowest BCUT2D eigenvalue weighted by atomic mass is 10.2. The molecule has 0 atom stereocenters. The van der Waals surface area contributed by atoms with Gasteiger partial charge in [-0.25, -0.2) is 9.97 Å². The van der Waals surface area contributed by atoms with E-state index in [1.807, 2.05) is 91.1 Å². The van der Waals surface area contributed by atoms with E-state index >= 15 is 0 Å². The van der Waals surface area contributed by atoms with Crippen molar-refractivity contribution in [2.24, 2.45) is 0 Å². The molecule has 0 fully saturated rings. The standard InChI is InChI=1S/C21H16N2.C11H10N2/c1-4-10-17(11-5-1)20-16-23(19-14-8-3-9-15-19)21(22-20)18-12-6-2-7-13-18;1-2-4-10(5-3-1)6-7-11-12-8-9-13-11/h1-16H;1-9H,(H,12,13)/b;7-6+. The minimum absolute atomic E-state index is 0.879. The predicted octanol–water partition coefficient (Wildman–Crippen LogP) is 7.79. The Hall–Kier alpha value is -4.96. The second-order valence-electron chi connectivity index (χ2n) is 8.11. The van der Waals surface area contributed by atoms with Crippen LogP contribution in [0.3, 0.4) is 0 Å². The summed E-state index contributed by atoms with van der Waals surface area (Å²) < 4.78 is 2.15. The van der Waals surface area contributed by atoms with Crippen LogP contribution in [0, 0.1) is 0 Å². The molecular weight excluding hydrogens is 440 g/mol. The van der Waals surface area contributed by atoms with Crippen LogP contribution < -0.4 is 0 Å². The number of aromatic amines is 1. The van der Waals surface area contributed by atoms with Crippen LogP contribution in [0.25, 0.3) is 40.5 Å². The third kappa shape index (κ3) is 5.75. The van der Waals surface area contributed by atoms with Gasteiger partial charge in [-0.2, -0.15) is 0 Å². The van der Waals surface area contributed by atoms with Gasteiger partial charge in [-0.3, -0.25) is 4.57 Å². The Morgan fingerprint density at radius 3 is 1.81 bits per heavy atom. The Balaban J connectivity index is 0.000000174. The molecule has 4 nitrogen and oxygen atoms in total. The van der Waals surface area contributed by atoms with Crippen LogP contribution in [-0.2, 0) is 0 Å². The van der Waals surface area contributed by atoms with Crippen LogP contribution in [0.1, 0.15) is 11.4 Å².